The molecule has 2 heterocycles. The summed E-state index contributed by atoms with van der Waals surface area (Å²) in [4.78, 5) is 21.6. The molecule has 0 atom stereocenters. The number of nitrogens with one attached hydrogen (secondary N) is 1. The monoisotopic (exact) mass is 309 g/mol. The van der Waals surface area contributed by atoms with E-state index >= 15 is 0 Å². The van der Waals surface area contributed by atoms with Crippen LogP contribution in [0, 0.1) is 0 Å². The maximum absolute atomic E-state index is 12.3. The van der Waals surface area contributed by atoms with E-state index in [1.54, 1.807) is 12.4 Å². The molecular weight excluding hydrogens is 286 g/mol. The van der Waals surface area contributed by atoms with Gasteiger partial charge in [0, 0.05) is 24.7 Å². The number of aromatic amines is 1. The van der Waals surface area contributed by atoms with Crippen LogP contribution in [-0.4, -0.2) is 27.3 Å². The molecule has 0 aliphatic carbocycles. The lowest BCUT2D eigenvalue weighted by Gasteiger charge is -2.24. The fourth-order valence-electron chi connectivity index (χ4n) is 2.76. The number of carbonyl (C=O) groups is 1. The first-order valence-corrected chi connectivity index (χ1v) is 8.02. The summed E-state index contributed by atoms with van der Waals surface area (Å²) in [6.45, 7) is 7.91. The van der Waals surface area contributed by atoms with Gasteiger partial charge in [-0.1, -0.05) is 45.0 Å². The third-order valence-electron chi connectivity index (χ3n) is 4.29. The number of H-pyrrole nitrogens is 1. The summed E-state index contributed by atoms with van der Waals surface area (Å²) in [6.07, 6.45) is 6.08. The second-order valence-corrected chi connectivity index (χ2v) is 7.04. The van der Waals surface area contributed by atoms with Crippen LogP contribution in [-0.2, 0) is 23.2 Å². The molecule has 3 rings (SSSR count). The molecule has 1 amide bonds. The lowest BCUT2D eigenvalue weighted by Crippen LogP contribution is -2.34. The zero-order chi connectivity index (χ0) is 16.4. The SMILES string of the molecule is CC(C)(C)c1ccc(/C=C/C(=O)N2CCc3[nH]cnc3C2)cc1. The minimum absolute atomic E-state index is 0.0403. The van der Waals surface area contributed by atoms with Gasteiger partial charge in [-0.3, -0.25) is 4.79 Å². The molecule has 0 spiro atoms. The van der Waals surface area contributed by atoms with Gasteiger partial charge in [0.25, 0.3) is 0 Å². The number of amides is 1. The highest BCUT2D eigenvalue weighted by atomic mass is 16.2. The third kappa shape index (κ3) is 3.52. The summed E-state index contributed by atoms with van der Waals surface area (Å²) in [5.41, 5.74) is 4.61. The molecule has 2 aromatic rings. The van der Waals surface area contributed by atoms with E-state index in [1.807, 2.05) is 11.0 Å². The van der Waals surface area contributed by atoms with E-state index in [2.05, 4.69) is 55.0 Å². The van der Waals surface area contributed by atoms with Crippen LogP contribution in [0.5, 0.6) is 0 Å². The van der Waals surface area contributed by atoms with Crippen molar-refractivity contribution in [3.05, 3.63) is 59.2 Å². The van der Waals surface area contributed by atoms with Crippen molar-refractivity contribution >= 4 is 12.0 Å². The molecule has 4 nitrogen and oxygen atoms in total. The van der Waals surface area contributed by atoms with Gasteiger partial charge in [-0.2, -0.15) is 0 Å². The molecule has 1 N–H and O–H groups in total. The molecule has 120 valence electrons. The van der Waals surface area contributed by atoms with Crippen molar-refractivity contribution in [1.29, 1.82) is 0 Å². The molecule has 0 bridgehead atoms. The Balaban J connectivity index is 1.65. The number of hydrogen-bond donors (Lipinski definition) is 1. The van der Waals surface area contributed by atoms with Crippen molar-refractivity contribution in [2.45, 2.75) is 39.2 Å². The van der Waals surface area contributed by atoms with E-state index in [0.29, 0.717) is 6.54 Å². The average Bonchev–Trinajstić information content (AvgIpc) is 2.99. The summed E-state index contributed by atoms with van der Waals surface area (Å²) < 4.78 is 0. The first-order chi connectivity index (χ1) is 10.9. The van der Waals surface area contributed by atoms with Crippen LogP contribution in [0.25, 0.3) is 6.08 Å². The van der Waals surface area contributed by atoms with Crippen LogP contribution >= 0.6 is 0 Å². The minimum atomic E-state index is 0.0403. The Hall–Kier alpha value is -2.36. The molecule has 0 saturated carbocycles. The fraction of sp³-hybridized carbons (Fsp3) is 0.368. The molecule has 1 aliphatic heterocycles. The second kappa shape index (κ2) is 6.03. The van der Waals surface area contributed by atoms with Gasteiger partial charge in [-0.25, -0.2) is 4.98 Å². The molecule has 1 aromatic heterocycles. The number of hydrogen-bond acceptors (Lipinski definition) is 2. The molecule has 23 heavy (non-hydrogen) atoms. The molecular formula is C19H23N3O. The van der Waals surface area contributed by atoms with Gasteiger partial charge in [0.05, 0.1) is 18.6 Å². The van der Waals surface area contributed by atoms with E-state index < -0.39 is 0 Å². The highest BCUT2D eigenvalue weighted by Crippen LogP contribution is 2.22. The van der Waals surface area contributed by atoms with E-state index in [-0.39, 0.29) is 11.3 Å². The van der Waals surface area contributed by atoms with Gasteiger partial charge in [0.2, 0.25) is 5.91 Å². The molecule has 0 unspecified atom stereocenters. The van der Waals surface area contributed by atoms with E-state index in [4.69, 9.17) is 0 Å². The Labute approximate surface area is 137 Å². The highest BCUT2D eigenvalue weighted by molar-refractivity contribution is 5.91. The first-order valence-electron chi connectivity index (χ1n) is 8.02. The van der Waals surface area contributed by atoms with Gasteiger partial charge in [-0.15, -0.1) is 0 Å². The van der Waals surface area contributed by atoms with E-state index in [0.717, 1.165) is 29.9 Å². The summed E-state index contributed by atoms with van der Waals surface area (Å²) >= 11 is 0. The van der Waals surface area contributed by atoms with Crippen molar-refractivity contribution in [2.75, 3.05) is 6.54 Å². The standard InChI is InChI=1S/C19H23N3O/c1-19(2,3)15-7-4-14(5-8-15)6-9-18(23)22-11-10-16-17(12-22)21-13-20-16/h4-9,13H,10-12H2,1-3H3,(H,20,21)/b9-6+. The molecule has 0 radical (unpaired) electrons. The number of aromatic nitrogens is 2. The lowest BCUT2D eigenvalue weighted by atomic mass is 9.87. The van der Waals surface area contributed by atoms with Crippen molar-refractivity contribution in [3.8, 4) is 0 Å². The highest BCUT2D eigenvalue weighted by Gasteiger charge is 2.20. The normalized spacial score (nSPS) is 15.0. The average molecular weight is 309 g/mol. The summed E-state index contributed by atoms with van der Waals surface area (Å²) in [6, 6.07) is 8.38. The summed E-state index contributed by atoms with van der Waals surface area (Å²) in [5.74, 6) is 0.0403. The quantitative estimate of drug-likeness (QED) is 0.865. The van der Waals surface area contributed by atoms with Crippen LogP contribution < -0.4 is 0 Å². The lowest BCUT2D eigenvalue weighted by molar-refractivity contribution is -0.126. The number of benzene rings is 1. The second-order valence-electron chi connectivity index (χ2n) is 7.04. The number of nitrogens with zero attached hydrogens (tertiary/aromatic N) is 2. The van der Waals surface area contributed by atoms with Crippen molar-refractivity contribution < 1.29 is 4.79 Å². The zero-order valence-corrected chi connectivity index (χ0v) is 14.0. The van der Waals surface area contributed by atoms with Crippen LogP contribution in [0.15, 0.2) is 36.7 Å². The Morgan fingerprint density at radius 1 is 1.26 bits per heavy atom. The molecule has 1 aliphatic rings. The first kappa shape index (κ1) is 15.5. The van der Waals surface area contributed by atoms with Gasteiger partial charge >= 0.3 is 0 Å². The van der Waals surface area contributed by atoms with Crippen molar-refractivity contribution in [3.63, 3.8) is 0 Å². The fourth-order valence-corrected chi connectivity index (χ4v) is 2.76. The minimum Gasteiger partial charge on any atom is -0.348 e. The maximum Gasteiger partial charge on any atom is 0.246 e. The van der Waals surface area contributed by atoms with E-state index in [1.165, 1.54) is 5.56 Å². The Bertz CT molecular complexity index is 720. The molecule has 1 aromatic carbocycles. The Morgan fingerprint density at radius 3 is 2.70 bits per heavy atom. The van der Waals surface area contributed by atoms with Gasteiger partial charge in [0.1, 0.15) is 0 Å². The van der Waals surface area contributed by atoms with E-state index in [9.17, 15) is 4.79 Å². The smallest absolute Gasteiger partial charge is 0.246 e. The molecule has 4 heteroatoms. The summed E-state index contributed by atoms with van der Waals surface area (Å²) in [5, 5.41) is 0. The van der Waals surface area contributed by atoms with Crippen LogP contribution in [0.4, 0.5) is 0 Å². The van der Waals surface area contributed by atoms with Crippen LogP contribution in [0.3, 0.4) is 0 Å². The van der Waals surface area contributed by atoms with Crippen molar-refractivity contribution in [2.24, 2.45) is 0 Å². The maximum atomic E-state index is 12.3. The Kier molecular flexibility index (Phi) is 4.07. The van der Waals surface area contributed by atoms with Crippen LogP contribution in [0.1, 0.15) is 43.3 Å². The predicted octanol–water partition coefficient (Wildman–Crippen LogP) is 3.31. The number of fused-ring (bicyclic) bond motifs is 1. The van der Waals surface area contributed by atoms with Crippen molar-refractivity contribution in [1.82, 2.24) is 14.9 Å². The third-order valence-corrected chi connectivity index (χ3v) is 4.29. The van der Waals surface area contributed by atoms with Gasteiger partial charge < -0.3 is 9.88 Å². The largest absolute Gasteiger partial charge is 0.348 e. The number of carbonyl (C=O) groups excluding carboxylic acids is 1. The molecule has 0 fully saturated rings. The summed E-state index contributed by atoms with van der Waals surface area (Å²) in [7, 11) is 0. The zero-order valence-electron chi connectivity index (χ0n) is 14.0. The number of rotatable bonds is 2. The Morgan fingerprint density at radius 2 is 2.00 bits per heavy atom. The molecule has 0 saturated heterocycles. The topological polar surface area (TPSA) is 49.0 Å². The van der Waals surface area contributed by atoms with Gasteiger partial charge in [-0.05, 0) is 22.6 Å². The van der Waals surface area contributed by atoms with Gasteiger partial charge in [0.15, 0.2) is 0 Å². The van der Waals surface area contributed by atoms with Crippen LogP contribution in [0.2, 0.25) is 0 Å². The number of imidazole rings is 1. The predicted molar refractivity (Wildman–Crippen MR) is 91.9 cm³/mol.